The van der Waals surface area contributed by atoms with Crippen LogP contribution in [0.4, 0.5) is 9.18 Å². The fourth-order valence-electron chi connectivity index (χ4n) is 4.09. The summed E-state index contributed by atoms with van der Waals surface area (Å²) in [7, 11) is 3.07. The zero-order valence-electron chi connectivity index (χ0n) is 18.3. The van der Waals surface area contributed by atoms with Gasteiger partial charge in [-0.25, -0.2) is 9.18 Å². The van der Waals surface area contributed by atoms with Crippen LogP contribution in [0, 0.1) is 11.7 Å². The van der Waals surface area contributed by atoms with Crippen molar-refractivity contribution in [2.75, 3.05) is 19.8 Å². The van der Waals surface area contributed by atoms with Crippen LogP contribution >= 0.6 is 11.8 Å². The Morgan fingerprint density at radius 2 is 1.85 bits per heavy atom. The van der Waals surface area contributed by atoms with Gasteiger partial charge in [0, 0.05) is 20.6 Å². The fourth-order valence-corrected chi connectivity index (χ4v) is 5.23. The minimum absolute atomic E-state index is 0.123. The molecule has 2 aromatic carbocycles. The smallest absolute Gasteiger partial charge is 0.327 e. The van der Waals surface area contributed by atoms with Crippen molar-refractivity contribution in [3.05, 3.63) is 71.5 Å². The Bertz CT molecular complexity index is 1040. The third-order valence-electron chi connectivity index (χ3n) is 5.86. The molecule has 0 spiro atoms. The first kappa shape index (κ1) is 23.2. The third kappa shape index (κ3) is 5.02. The lowest BCUT2D eigenvalue weighted by Crippen LogP contribution is -2.72. The molecular weight excluding hydrogens is 445 g/mol. The van der Waals surface area contributed by atoms with E-state index >= 15 is 0 Å². The Morgan fingerprint density at radius 1 is 1.09 bits per heavy atom. The number of fused-ring (bicyclic) bond motifs is 1. The number of thioether (sulfide) groups is 1. The summed E-state index contributed by atoms with van der Waals surface area (Å²) < 4.78 is 13.8. The van der Waals surface area contributed by atoms with Crippen LogP contribution in [-0.4, -0.2) is 59.0 Å². The average Bonchev–Trinajstić information content (AvgIpc) is 2.83. The number of nitrogens with one attached hydrogen (secondary N) is 3. The maximum atomic E-state index is 13.8. The summed E-state index contributed by atoms with van der Waals surface area (Å²) >= 11 is 1.30. The number of amides is 4. The molecule has 0 bridgehead atoms. The Kier molecular flexibility index (Phi) is 6.96. The lowest BCUT2D eigenvalue weighted by Gasteiger charge is -2.50. The highest BCUT2D eigenvalue weighted by molar-refractivity contribution is 8.00. The van der Waals surface area contributed by atoms with Gasteiger partial charge in [-0.15, -0.1) is 11.8 Å². The first-order chi connectivity index (χ1) is 15.8. The van der Waals surface area contributed by atoms with Gasteiger partial charge in [0.2, 0.25) is 11.8 Å². The standard InChI is InChI=1S/C23H26FN5O3S/c1-28-20-18(22(31)29(2)23(28)32)21(27-19(26-20)15-9-6-10-16(24)11-15)33-13-17(30)25-12-14-7-4-3-5-8-14/h3-11,18-21,26-27H,12-13H2,1-2H3,(H,25,30). The van der Waals surface area contributed by atoms with E-state index in [2.05, 4.69) is 16.0 Å². The summed E-state index contributed by atoms with van der Waals surface area (Å²) in [5.74, 6) is -1.37. The molecule has 2 aliphatic rings. The van der Waals surface area contributed by atoms with Crippen molar-refractivity contribution in [1.29, 1.82) is 0 Å². The zero-order chi connectivity index (χ0) is 23.5. The highest BCUT2D eigenvalue weighted by Gasteiger charge is 2.51. The predicted octanol–water partition coefficient (Wildman–Crippen LogP) is 1.86. The van der Waals surface area contributed by atoms with E-state index in [0.717, 1.165) is 10.5 Å². The van der Waals surface area contributed by atoms with Crippen molar-refractivity contribution in [2.45, 2.75) is 24.3 Å². The zero-order valence-corrected chi connectivity index (χ0v) is 19.1. The second-order valence-corrected chi connectivity index (χ2v) is 9.21. The van der Waals surface area contributed by atoms with Crippen LogP contribution in [0.3, 0.4) is 0 Å². The molecule has 2 heterocycles. The molecule has 33 heavy (non-hydrogen) atoms. The van der Waals surface area contributed by atoms with Crippen LogP contribution in [-0.2, 0) is 16.1 Å². The molecule has 0 aliphatic carbocycles. The largest absolute Gasteiger partial charge is 0.351 e. The molecule has 174 valence electrons. The van der Waals surface area contributed by atoms with Crippen molar-refractivity contribution in [2.24, 2.45) is 5.92 Å². The van der Waals surface area contributed by atoms with Crippen LogP contribution < -0.4 is 16.0 Å². The quantitative estimate of drug-likeness (QED) is 0.596. The van der Waals surface area contributed by atoms with Crippen LogP contribution in [0.2, 0.25) is 0 Å². The van der Waals surface area contributed by atoms with E-state index in [9.17, 15) is 18.8 Å². The molecule has 8 nitrogen and oxygen atoms in total. The van der Waals surface area contributed by atoms with E-state index < -0.39 is 29.7 Å². The number of halogens is 1. The summed E-state index contributed by atoms with van der Waals surface area (Å²) in [5, 5.41) is 9.00. The SMILES string of the molecule is CN1C(=O)C2C(SCC(=O)NCc3ccccc3)NC(c3cccc(F)c3)NC2N(C)C1=O. The fraction of sp³-hybridized carbons (Fsp3) is 0.348. The molecule has 10 heteroatoms. The summed E-state index contributed by atoms with van der Waals surface area (Å²) in [6.45, 7) is 0.413. The van der Waals surface area contributed by atoms with Gasteiger partial charge < -0.3 is 10.2 Å². The molecule has 2 fully saturated rings. The van der Waals surface area contributed by atoms with Gasteiger partial charge in [-0.3, -0.25) is 25.1 Å². The van der Waals surface area contributed by atoms with Gasteiger partial charge in [0.1, 0.15) is 5.82 Å². The van der Waals surface area contributed by atoms with E-state index in [-0.39, 0.29) is 23.4 Å². The lowest BCUT2D eigenvalue weighted by atomic mass is 9.96. The summed E-state index contributed by atoms with van der Waals surface area (Å²) in [5.41, 5.74) is 1.63. The van der Waals surface area contributed by atoms with Gasteiger partial charge in [-0.05, 0) is 23.3 Å². The molecule has 2 saturated heterocycles. The Balaban J connectivity index is 1.49. The minimum atomic E-state index is -0.616. The van der Waals surface area contributed by atoms with E-state index in [1.54, 1.807) is 19.2 Å². The lowest BCUT2D eigenvalue weighted by molar-refractivity contribution is -0.140. The van der Waals surface area contributed by atoms with Crippen molar-refractivity contribution >= 4 is 29.6 Å². The predicted molar refractivity (Wildman–Crippen MR) is 123 cm³/mol. The molecule has 0 radical (unpaired) electrons. The van der Waals surface area contributed by atoms with Crippen molar-refractivity contribution in [3.63, 3.8) is 0 Å². The molecule has 4 atom stereocenters. The second kappa shape index (κ2) is 9.90. The van der Waals surface area contributed by atoms with E-state index in [0.29, 0.717) is 12.1 Å². The molecule has 4 rings (SSSR count). The number of rotatable bonds is 6. The van der Waals surface area contributed by atoms with Gasteiger partial charge in [0.05, 0.1) is 29.4 Å². The van der Waals surface area contributed by atoms with Crippen molar-refractivity contribution < 1.29 is 18.8 Å². The molecule has 2 aliphatic heterocycles. The highest BCUT2D eigenvalue weighted by atomic mass is 32.2. The number of carbonyl (C=O) groups excluding carboxylic acids is 3. The third-order valence-corrected chi connectivity index (χ3v) is 7.08. The van der Waals surface area contributed by atoms with Crippen LogP contribution in [0.25, 0.3) is 0 Å². The number of hydrogen-bond donors (Lipinski definition) is 3. The average molecular weight is 472 g/mol. The maximum Gasteiger partial charge on any atom is 0.327 e. The van der Waals surface area contributed by atoms with Gasteiger partial charge in [0.15, 0.2) is 0 Å². The molecular formula is C23H26FN5O3S. The highest BCUT2D eigenvalue weighted by Crippen LogP contribution is 2.34. The van der Waals surface area contributed by atoms with Crippen LogP contribution in [0.1, 0.15) is 17.3 Å². The Hall–Kier alpha value is -2.95. The molecule has 0 aromatic heterocycles. The topological polar surface area (TPSA) is 93.8 Å². The summed E-state index contributed by atoms with van der Waals surface area (Å²) in [6, 6.07) is 15.3. The van der Waals surface area contributed by atoms with E-state index in [1.165, 1.54) is 35.8 Å². The molecule has 0 saturated carbocycles. The second-order valence-electron chi connectivity index (χ2n) is 8.08. The first-order valence-electron chi connectivity index (χ1n) is 10.6. The van der Waals surface area contributed by atoms with Gasteiger partial charge in [-0.1, -0.05) is 42.5 Å². The van der Waals surface area contributed by atoms with E-state index in [1.807, 2.05) is 30.3 Å². The van der Waals surface area contributed by atoms with Crippen LogP contribution in [0.15, 0.2) is 54.6 Å². The Morgan fingerprint density at radius 3 is 2.58 bits per heavy atom. The van der Waals surface area contributed by atoms with Gasteiger partial charge in [-0.2, -0.15) is 0 Å². The molecule has 2 aromatic rings. The number of carbonyl (C=O) groups is 3. The number of benzene rings is 2. The monoisotopic (exact) mass is 471 g/mol. The number of imide groups is 1. The molecule has 3 N–H and O–H groups in total. The molecule has 4 unspecified atom stereocenters. The Labute approximate surface area is 195 Å². The first-order valence-corrected chi connectivity index (χ1v) is 11.6. The normalized spacial score (nSPS) is 25.1. The number of urea groups is 1. The van der Waals surface area contributed by atoms with Crippen molar-refractivity contribution in [3.8, 4) is 0 Å². The van der Waals surface area contributed by atoms with Gasteiger partial charge >= 0.3 is 6.03 Å². The van der Waals surface area contributed by atoms with Crippen LogP contribution in [0.5, 0.6) is 0 Å². The van der Waals surface area contributed by atoms with Crippen molar-refractivity contribution in [1.82, 2.24) is 25.8 Å². The maximum absolute atomic E-state index is 13.8. The summed E-state index contributed by atoms with van der Waals surface area (Å²) in [6.07, 6.45) is -1.10. The van der Waals surface area contributed by atoms with Gasteiger partial charge in [0.25, 0.3) is 0 Å². The number of hydrogen-bond acceptors (Lipinski definition) is 6. The minimum Gasteiger partial charge on any atom is -0.351 e. The molecule has 4 amide bonds. The van der Waals surface area contributed by atoms with E-state index in [4.69, 9.17) is 0 Å². The number of nitrogens with zero attached hydrogens (tertiary/aromatic N) is 2. The summed E-state index contributed by atoms with van der Waals surface area (Å²) in [4.78, 5) is 40.6.